The minimum absolute atomic E-state index is 0.0756. The van der Waals surface area contributed by atoms with Crippen LogP contribution in [-0.2, 0) is 4.74 Å². The number of carbonyl (C=O) groups is 1. The number of likely N-dealkylation sites (tertiary alicyclic amines) is 1. The average molecular weight is 329 g/mol. The summed E-state index contributed by atoms with van der Waals surface area (Å²) in [5.74, 6) is 0. The Morgan fingerprint density at radius 2 is 2.21 bits per heavy atom. The first-order valence-corrected chi connectivity index (χ1v) is 8.39. The maximum Gasteiger partial charge on any atom is 0.321 e. The molecule has 1 N–H and O–H groups in total. The van der Waals surface area contributed by atoms with Crippen LogP contribution in [0.5, 0.6) is 0 Å². The summed E-state index contributed by atoms with van der Waals surface area (Å²) in [6.45, 7) is 4.28. The molecule has 2 heterocycles. The van der Waals surface area contributed by atoms with Crippen LogP contribution in [0.25, 0.3) is 5.69 Å². The van der Waals surface area contributed by atoms with Crippen molar-refractivity contribution in [2.45, 2.75) is 32.3 Å². The maximum absolute atomic E-state index is 12.4. The van der Waals surface area contributed by atoms with E-state index >= 15 is 0 Å². The molecule has 3 rings (SSSR count). The lowest BCUT2D eigenvalue weighted by Gasteiger charge is -2.32. The third kappa shape index (κ3) is 4.11. The molecule has 0 unspecified atom stereocenters. The molecule has 7 heteroatoms. The summed E-state index contributed by atoms with van der Waals surface area (Å²) in [6.07, 6.45) is 6.28. The number of nitrogens with zero attached hydrogens (tertiary/aromatic N) is 4. The molecule has 1 aromatic heterocycles. The molecule has 128 valence electrons. The predicted octanol–water partition coefficient (Wildman–Crippen LogP) is 2.69. The first-order valence-electron chi connectivity index (χ1n) is 8.39. The van der Waals surface area contributed by atoms with E-state index in [1.807, 2.05) is 29.2 Å². The van der Waals surface area contributed by atoms with E-state index in [-0.39, 0.29) is 12.1 Å². The summed E-state index contributed by atoms with van der Waals surface area (Å²) in [5, 5.41) is 7.03. The smallest absolute Gasteiger partial charge is 0.321 e. The van der Waals surface area contributed by atoms with Gasteiger partial charge in [0.15, 0.2) is 0 Å². The lowest BCUT2D eigenvalue weighted by Crippen LogP contribution is -2.45. The van der Waals surface area contributed by atoms with Crippen molar-refractivity contribution in [3.05, 3.63) is 36.9 Å². The van der Waals surface area contributed by atoms with Crippen molar-refractivity contribution in [3.63, 3.8) is 0 Å². The maximum atomic E-state index is 12.4. The van der Waals surface area contributed by atoms with E-state index < -0.39 is 0 Å². The largest absolute Gasteiger partial charge is 0.376 e. The fourth-order valence-electron chi connectivity index (χ4n) is 2.78. The normalized spacial score (nSPS) is 17.7. The molecule has 1 atom stereocenters. The van der Waals surface area contributed by atoms with E-state index in [4.69, 9.17) is 4.74 Å². The highest BCUT2D eigenvalue weighted by Gasteiger charge is 2.24. The van der Waals surface area contributed by atoms with Gasteiger partial charge in [-0.05, 0) is 43.5 Å². The number of aromatic nitrogens is 3. The number of carbonyl (C=O) groups excluding carboxylic acids is 1. The Kier molecular flexibility index (Phi) is 5.43. The zero-order valence-electron chi connectivity index (χ0n) is 13.9. The third-order valence-electron chi connectivity index (χ3n) is 4.02. The second-order valence-corrected chi connectivity index (χ2v) is 5.90. The van der Waals surface area contributed by atoms with E-state index in [1.54, 1.807) is 11.0 Å². The molecule has 1 aliphatic heterocycles. The Labute approximate surface area is 141 Å². The minimum atomic E-state index is -0.0756. The number of ether oxygens (including phenoxy) is 1. The van der Waals surface area contributed by atoms with Gasteiger partial charge in [0, 0.05) is 25.4 Å². The summed E-state index contributed by atoms with van der Waals surface area (Å²) in [4.78, 5) is 18.2. The van der Waals surface area contributed by atoms with Gasteiger partial charge in [-0.3, -0.25) is 0 Å². The van der Waals surface area contributed by atoms with Crippen LogP contribution in [0.4, 0.5) is 10.5 Å². The number of rotatable bonds is 5. The average Bonchev–Trinajstić information content (AvgIpc) is 3.15. The molecule has 7 nitrogen and oxygen atoms in total. The van der Waals surface area contributed by atoms with Gasteiger partial charge in [-0.25, -0.2) is 14.5 Å². The Bertz CT molecular complexity index is 642. The van der Waals surface area contributed by atoms with E-state index in [0.717, 1.165) is 43.8 Å². The SMILES string of the molecule is CCCO[C@H]1CCCN(C(=O)Nc2ccc(-n3cncn3)cc2)C1. The number of amides is 2. The van der Waals surface area contributed by atoms with Gasteiger partial charge in [0.1, 0.15) is 12.7 Å². The number of hydrogen-bond donors (Lipinski definition) is 1. The molecular weight excluding hydrogens is 306 g/mol. The van der Waals surface area contributed by atoms with Crippen LogP contribution in [0.1, 0.15) is 26.2 Å². The predicted molar refractivity (Wildman–Crippen MR) is 91.2 cm³/mol. The van der Waals surface area contributed by atoms with Crippen molar-refractivity contribution in [1.29, 1.82) is 0 Å². The first kappa shape index (κ1) is 16.4. The van der Waals surface area contributed by atoms with Gasteiger partial charge < -0.3 is 15.0 Å². The van der Waals surface area contributed by atoms with Crippen molar-refractivity contribution < 1.29 is 9.53 Å². The molecule has 1 aliphatic rings. The number of nitrogens with one attached hydrogen (secondary N) is 1. The molecule has 0 radical (unpaired) electrons. The van der Waals surface area contributed by atoms with Gasteiger partial charge in [0.05, 0.1) is 11.8 Å². The van der Waals surface area contributed by atoms with Gasteiger partial charge in [-0.15, -0.1) is 0 Å². The lowest BCUT2D eigenvalue weighted by atomic mass is 10.1. The van der Waals surface area contributed by atoms with Crippen LogP contribution in [0.3, 0.4) is 0 Å². The quantitative estimate of drug-likeness (QED) is 0.915. The topological polar surface area (TPSA) is 72.3 Å². The van der Waals surface area contributed by atoms with Crippen LogP contribution in [-0.4, -0.2) is 51.5 Å². The highest BCUT2D eigenvalue weighted by molar-refractivity contribution is 5.89. The van der Waals surface area contributed by atoms with Gasteiger partial charge in [-0.1, -0.05) is 6.92 Å². The zero-order valence-corrected chi connectivity index (χ0v) is 13.9. The van der Waals surface area contributed by atoms with Crippen LogP contribution in [0.2, 0.25) is 0 Å². The summed E-state index contributed by atoms with van der Waals surface area (Å²) in [5.41, 5.74) is 1.66. The van der Waals surface area contributed by atoms with Crippen molar-refractivity contribution in [1.82, 2.24) is 19.7 Å². The lowest BCUT2D eigenvalue weighted by molar-refractivity contribution is 0.0115. The van der Waals surface area contributed by atoms with Crippen LogP contribution in [0, 0.1) is 0 Å². The number of urea groups is 1. The zero-order chi connectivity index (χ0) is 16.8. The van der Waals surface area contributed by atoms with Gasteiger partial charge in [-0.2, -0.15) is 5.10 Å². The number of benzene rings is 1. The summed E-state index contributed by atoms with van der Waals surface area (Å²) < 4.78 is 7.46. The van der Waals surface area contributed by atoms with Crippen molar-refractivity contribution in [3.8, 4) is 5.69 Å². The molecule has 0 saturated carbocycles. The van der Waals surface area contributed by atoms with E-state index in [1.165, 1.54) is 6.33 Å². The summed E-state index contributed by atoms with van der Waals surface area (Å²) in [7, 11) is 0. The standard InChI is InChI=1S/C17H23N5O2/c1-2-10-24-16-4-3-9-21(11-16)17(23)20-14-5-7-15(8-6-14)22-13-18-12-19-22/h5-8,12-13,16H,2-4,9-11H2,1H3,(H,20,23)/t16-/m0/s1. The van der Waals surface area contributed by atoms with Crippen LogP contribution in [0.15, 0.2) is 36.9 Å². The molecule has 0 bridgehead atoms. The molecule has 1 saturated heterocycles. The highest BCUT2D eigenvalue weighted by atomic mass is 16.5. The van der Waals surface area contributed by atoms with Gasteiger partial charge in [0.2, 0.25) is 0 Å². The molecule has 0 spiro atoms. The Morgan fingerprint density at radius 3 is 2.92 bits per heavy atom. The number of anilines is 1. The molecule has 1 fully saturated rings. The van der Waals surface area contributed by atoms with E-state index in [0.29, 0.717) is 6.54 Å². The van der Waals surface area contributed by atoms with Crippen LogP contribution < -0.4 is 5.32 Å². The molecule has 24 heavy (non-hydrogen) atoms. The fraction of sp³-hybridized carbons (Fsp3) is 0.471. The molecular formula is C17H23N5O2. The third-order valence-corrected chi connectivity index (χ3v) is 4.02. The van der Waals surface area contributed by atoms with Crippen molar-refractivity contribution in [2.75, 3.05) is 25.0 Å². The molecule has 0 aliphatic carbocycles. The summed E-state index contributed by atoms with van der Waals surface area (Å²) >= 11 is 0. The summed E-state index contributed by atoms with van der Waals surface area (Å²) in [6, 6.07) is 7.45. The Hall–Kier alpha value is -2.41. The molecule has 2 aromatic rings. The van der Waals surface area contributed by atoms with Crippen molar-refractivity contribution >= 4 is 11.7 Å². The van der Waals surface area contributed by atoms with E-state index in [9.17, 15) is 4.79 Å². The Balaban J connectivity index is 1.56. The highest BCUT2D eigenvalue weighted by Crippen LogP contribution is 2.17. The first-order chi connectivity index (χ1) is 11.8. The fourth-order valence-corrected chi connectivity index (χ4v) is 2.78. The van der Waals surface area contributed by atoms with Gasteiger partial charge in [0.25, 0.3) is 0 Å². The number of hydrogen-bond acceptors (Lipinski definition) is 4. The van der Waals surface area contributed by atoms with Crippen molar-refractivity contribution in [2.24, 2.45) is 0 Å². The van der Waals surface area contributed by atoms with E-state index in [2.05, 4.69) is 22.3 Å². The second kappa shape index (κ2) is 7.92. The van der Waals surface area contributed by atoms with Gasteiger partial charge >= 0.3 is 6.03 Å². The molecule has 1 aromatic carbocycles. The minimum Gasteiger partial charge on any atom is -0.376 e. The Morgan fingerprint density at radius 1 is 1.38 bits per heavy atom. The number of piperidine rings is 1. The monoisotopic (exact) mass is 329 g/mol. The molecule has 2 amide bonds. The van der Waals surface area contributed by atoms with Crippen LogP contribution >= 0.6 is 0 Å². The second-order valence-electron chi connectivity index (χ2n) is 5.90.